The summed E-state index contributed by atoms with van der Waals surface area (Å²) in [5.41, 5.74) is 0.912. The van der Waals surface area contributed by atoms with E-state index in [-0.39, 0.29) is 35.8 Å². The summed E-state index contributed by atoms with van der Waals surface area (Å²) in [7, 11) is 4.24. The quantitative estimate of drug-likeness (QED) is 0.150. The second-order valence-electron chi connectivity index (χ2n) is 10.7. The molecule has 11 heteroatoms. The van der Waals surface area contributed by atoms with Crippen LogP contribution in [0.15, 0.2) is 54.6 Å². The topological polar surface area (TPSA) is 139 Å². The molecule has 0 aromatic heterocycles. The number of aliphatic hydroxyl groups is 1. The van der Waals surface area contributed by atoms with Crippen molar-refractivity contribution in [2.75, 3.05) is 28.1 Å². The van der Waals surface area contributed by atoms with Crippen molar-refractivity contribution >= 4 is 18.0 Å². The molecule has 1 fully saturated rings. The lowest BCUT2D eigenvalue weighted by molar-refractivity contribution is -0.156. The van der Waals surface area contributed by atoms with E-state index in [2.05, 4.69) is 0 Å². The molecule has 2 aromatic rings. The number of carboxylic acid groups (broad SMARTS) is 1. The predicted octanol–water partition coefficient (Wildman–Crippen LogP) is 5.00. The molecule has 0 radical (unpaired) electrons. The molecule has 0 spiro atoms. The molecule has 1 saturated heterocycles. The first-order valence-electron chi connectivity index (χ1n) is 14.2. The summed E-state index contributed by atoms with van der Waals surface area (Å²) in [6.45, 7) is 5.42. The number of aromatic carboxylic acids is 1. The highest BCUT2D eigenvalue weighted by molar-refractivity contribution is 6.02. The van der Waals surface area contributed by atoms with Gasteiger partial charge in [0.25, 0.3) is 0 Å². The van der Waals surface area contributed by atoms with Crippen molar-refractivity contribution in [3.63, 3.8) is 0 Å². The van der Waals surface area contributed by atoms with E-state index in [9.17, 15) is 19.8 Å². The van der Waals surface area contributed by atoms with E-state index in [0.717, 1.165) is 11.3 Å². The molecule has 0 amide bonds. The Labute approximate surface area is 257 Å². The van der Waals surface area contributed by atoms with Gasteiger partial charge in [-0.3, -0.25) is 0 Å². The molecule has 11 nitrogen and oxygen atoms in total. The molecule has 1 unspecified atom stereocenters. The third-order valence-electron chi connectivity index (χ3n) is 6.76. The Kier molecular flexibility index (Phi) is 12.9. The SMILES string of the molecule is COCOc1ccc(C(=O)OC)c(C=CC[C@@H]2OC(C)(C)O[C@@H]2C(C=CC[C@H](C)O)OCc2ccc(OC)cc2)c1C(=O)O. The molecular formula is C33H42O11. The van der Waals surface area contributed by atoms with Crippen LogP contribution in [0.5, 0.6) is 11.5 Å². The number of rotatable bonds is 16. The number of ether oxygens (including phenoxy) is 7. The van der Waals surface area contributed by atoms with Crippen LogP contribution in [0.2, 0.25) is 0 Å². The number of carboxylic acids is 1. The monoisotopic (exact) mass is 614 g/mol. The Morgan fingerprint density at radius 1 is 1.05 bits per heavy atom. The highest BCUT2D eigenvalue weighted by Gasteiger charge is 2.44. The minimum absolute atomic E-state index is 0.0429. The molecule has 2 aromatic carbocycles. The number of hydrogen-bond donors (Lipinski definition) is 2. The Bertz CT molecular complexity index is 1300. The maximum absolute atomic E-state index is 12.5. The second kappa shape index (κ2) is 16.4. The third-order valence-corrected chi connectivity index (χ3v) is 6.76. The van der Waals surface area contributed by atoms with Crippen LogP contribution in [0.25, 0.3) is 6.08 Å². The summed E-state index contributed by atoms with van der Waals surface area (Å²) >= 11 is 0. The zero-order valence-electron chi connectivity index (χ0n) is 26.0. The lowest BCUT2D eigenvalue weighted by Crippen LogP contribution is -2.36. The van der Waals surface area contributed by atoms with E-state index in [4.69, 9.17) is 33.2 Å². The molecule has 1 aliphatic rings. The van der Waals surface area contributed by atoms with Gasteiger partial charge >= 0.3 is 11.9 Å². The van der Waals surface area contributed by atoms with Crippen LogP contribution in [0, 0.1) is 0 Å². The Morgan fingerprint density at radius 2 is 1.77 bits per heavy atom. The zero-order chi connectivity index (χ0) is 32.3. The van der Waals surface area contributed by atoms with Crippen LogP contribution >= 0.6 is 0 Å². The summed E-state index contributed by atoms with van der Waals surface area (Å²) in [6, 6.07) is 10.4. The number of hydrogen-bond acceptors (Lipinski definition) is 10. The summed E-state index contributed by atoms with van der Waals surface area (Å²) < 4.78 is 39.4. The first kappa shape index (κ1) is 34.7. The number of carbonyl (C=O) groups excluding carboxylic acids is 1. The van der Waals surface area contributed by atoms with Crippen LogP contribution in [0.4, 0.5) is 0 Å². The molecule has 0 aliphatic carbocycles. The van der Waals surface area contributed by atoms with Gasteiger partial charge in [-0.25, -0.2) is 9.59 Å². The van der Waals surface area contributed by atoms with Crippen molar-refractivity contribution in [3.05, 3.63) is 76.9 Å². The Hall–Kier alpha value is -3.74. The molecule has 3 rings (SSSR count). The van der Waals surface area contributed by atoms with Crippen molar-refractivity contribution in [3.8, 4) is 11.5 Å². The molecular weight excluding hydrogens is 572 g/mol. The van der Waals surface area contributed by atoms with Gasteiger partial charge in [0.15, 0.2) is 12.6 Å². The van der Waals surface area contributed by atoms with Crippen molar-refractivity contribution in [1.29, 1.82) is 0 Å². The lowest BCUT2D eigenvalue weighted by Gasteiger charge is -2.24. The molecule has 1 heterocycles. The van der Waals surface area contributed by atoms with Gasteiger partial charge in [0, 0.05) is 12.7 Å². The number of carbonyl (C=O) groups is 2. The van der Waals surface area contributed by atoms with Gasteiger partial charge in [0.05, 0.1) is 38.6 Å². The highest BCUT2D eigenvalue weighted by Crippen LogP contribution is 2.35. The fraction of sp³-hybridized carbons (Fsp3) is 0.455. The van der Waals surface area contributed by atoms with Gasteiger partial charge in [-0.1, -0.05) is 36.4 Å². The molecule has 1 aliphatic heterocycles. The Morgan fingerprint density at radius 3 is 2.39 bits per heavy atom. The van der Waals surface area contributed by atoms with Crippen LogP contribution in [-0.2, 0) is 30.3 Å². The molecule has 44 heavy (non-hydrogen) atoms. The van der Waals surface area contributed by atoms with Gasteiger partial charge in [-0.15, -0.1) is 0 Å². The average molecular weight is 615 g/mol. The molecule has 0 saturated carbocycles. The van der Waals surface area contributed by atoms with Gasteiger partial charge in [0.1, 0.15) is 29.3 Å². The third kappa shape index (κ3) is 9.63. The highest BCUT2D eigenvalue weighted by atomic mass is 16.8. The maximum Gasteiger partial charge on any atom is 0.340 e. The molecule has 2 N–H and O–H groups in total. The van der Waals surface area contributed by atoms with Crippen molar-refractivity contribution < 1.29 is 53.0 Å². The first-order chi connectivity index (χ1) is 21.0. The minimum Gasteiger partial charge on any atom is -0.497 e. The van der Waals surface area contributed by atoms with Crippen molar-refractivity contribution in [1.82, 2.24) is 0 Å². The predicted molar refractivity (Wildman–Crippen MR) is 162 cm³/mol. The molecule has 0 bridgehead atoms. The smallest absolute Gasteiger partial charge is 0.340 e. The van der Waals surface area contributed by atoms with Gasteiger partial charge in [-0.2, -0.15) is 0 Å². The number of methoxy groups -OCH3 is 3. The van der Waals surface area contributed by atoms with E-state index >= 15 is 0 Å². The van der Waals surface area contributed by atoms with Crippen molar-refractivity contribution in [2.45, 2.75) is 70.4 Å². The van der Waals surface area contributed by atoms with Gasteiger partial charge in [0.2, 0.25) is 0 Å². The van der Waals surface area contributed by atoms with Crippen LogP contribution in [-0.4, -0.2) is 80.5 Å². The summed E-state index contributed by atoms with van der Waals surface area (Å²) in [4.78, 5) is 24.8. The summed E-state index contributed by atoms with van der Waals surface area (Å²) in [5.74, 6) is -2.13. The molecule has 4 atom stereocenters. The fourth-order valence-electron chi connectivity index (χ4n) is 4.75. The summed E-state index contributed by atoms with van der Waals surface area (Å²) in [5, 5.41) is 19.8. The van der Waals surface area contributed by atoms with Crippen LogP contribution in [0.1, 0.15) is 65.5 Å². The van der Waals surface area contributed by atoms with Crippen LogP contribution < -0.4 is 9.47 Å². The maximum atomic E-state index is 12.5. The van der Waals surface area contributed by atoms with E-state index < -0.39 is 42.1 Å². The largest absolute Gasteiger partial charge is 0.497 e. The lowest BCUT2D eigenvalue weighted by atomic mass is 9.97. The number of aliphatic hydroxyl groups excluding tert-OH is 1. The van der Waals surface area contributed by atoms with Crippen LogP contribution in [0.3, 0.4) is 0 Å². The summed E-state index contributed by atoms with van der Waals surface area (Å²) in [6.07, 6.45) is 5.57. The molecule has 240 valence electrons. The second-order valence-corrected chi connectivity index (χ2v) is 10.7. The Balaban J connectivity index is 1.91. The number of esters is 1. The van der Waals surface area contributed by atoms with E-state index in [1.807, 2.05) is 36.4 Å². The van der Waals surface area contributed by atoms with E-state index in [0.29, 0.717) is 12.8 Å². The standard InChI is InChI=1S/C33H42O11/c1-21(34)9-7-11-27(41-19-22-13-15-23(39-5)16-14-22)30-28(43-33(2,3)44-30)12-8-10-24-25(32(37)40-6)17-18-26(42-20-38-4)29(24)31(35)36/h7-8,10-11,13-18,21,27-28,30,34H,9,12,19-20H2,1-6H3,(H,35,36)/t21-,27?,28-,30+/m0/s1. The minimum atomic E-state index is -1.28. The van der Waals surface area contributed by atoms with Crippen molar-refractivity contribution in [2.24, 2.45) is 0 Å². The van der Waals surface area contributed by atoms with E-state index in [1.54, 1.807) is 34.0 Å². The normalized spacial score (nSPS) is 19.2. The fourth-order valence-corrected chi connectivity index (χ4v) is 4.75. The first-order valence-corrected chi connectivity index (χ1v) is 14.2. The van der Waals surface area contributed by atoms with Gasteiger partial charge < -0.3 is 43.4 Å². The van der Waals surface area contributed by atoms with E-state index in [1.165, 1.54) is 32.4 Å². The zero-order valence-corrected chi connectivity index (χ0v) is 26.0. The van der Waals surface area contributed by atoms with Gasteiger partial charge in [-0.05, 0) is 63.4 Å². The average Bonchev–Trinajstić information content (AvgIpc) is 3.30. The number of benzene rings is 2.